The highest BCUT2D eigenvalue weighted by Crippen LogP contribution is 2.18. The van der Waals surface area contributed by atoms with Crippen molar-refractivity contribution in [2.75, 3.05) is 13.6 Å². The van der Waals surface area contributed by atoms with E-state index in [1.165, 1.54) is 4.31 Å². The SMILES string of the molecule is CCCN(C)S(=O)(=O)c1cc(CN)n(CC)c1. The Kier molecular flexibility index (Phi) is 4.73. The second kappa shape index (κ2) is 5.66. The van der Waals surface area contributed by atoms with Gasteiger partial charge in [0.2, 0.25) is 10.0 Å². The maximum atomic E-state index is 12.2. The van der Waals surface area contributed by atoms with Gasteiger partial charge in [-0.05, 0) is 19.4 Å². The zero-order chi connectivity index (χ0) is 13.1. The molecular weight excluding hydrogens is 238 g/mol. The van der Waals surface area contributed by atoms with Crippen molar-refractivity contribution in [3.05, 3.63) is 18.0 Å². The van der Waals surface area contributed by atoms with Gasteiger partial charge in [0.1, 0.15) is 4.90 Å². The molecule has 0 bridgehead atoms. The fraction of sp³-hybridized carbons (Fsp3) is 0.636. The van der Waals surface area contributed by atoms with Crippen LogP contribution in [-0.2, 0) is 23.1 Å². The Morgan fingerprint density at radius 2 is 2.06 bits per heavy atom. The van der Waals surface area contributed by atoms with Crippen LogP contribution in [0, 0.1) is 0 Å². The number of nitrogens with zero attached hydrogens (tertiary/aromatic N) is 2. The minimum atomic E-state index is -3.37. The van der Waals surface area contributed by atoms with E-state index in [-0.39, 0.29) is 0 Å². The van der Waals surface area contributed by atoms with Crippen LogP contribution in [0.1, 0.15) is 26.0 Å². The summed E-state index contributed by atoms with van der Waals surface area (Å²) in [5.41, 5.74) is 6.43. The van der Waals surface area contributed by atoms with Gasteiger partial charge in [-0.15, -0.1) is 0 Å². The van der Waals surface area contributed by atoms with Crippen molar-refractivity contribution < 1.29 is 8.42 Å². The number of hydrogen-bond donors (Lipinski definition) is 1. The lowest BCUT2D eigenvalue weighted by Gasteiger charge is -2.14. The van der Waals surface area contributed by atoms with E-state index in [2.05, 4.69) is 0 Å². The summed E-state index contributed by atoms with van der Waals surface area (Å²) in [6, 6.07) is 1.66. The van der Waals surface area contributed by atoms with Crippen LogP contribution in [0.25, 0.3) is 0 Å². The van der Waals surface area contributed by atoms with E-state index in [9.17, 15) is 8.42 Å². The van der Waals surface area contributed by atoms with E-state index in [1.54, 1.807) is 19.3 Å². The molecule has 0 fully saturated rings. The fourth-order valence-electron chi connectivity index (χ4n) is 1.75. The van der Waals surface area contributed by atoms with Crippen molar-refractivity contribution in [3.63, 3.8) is 0 Å². The van der Waals surface area contributed by atoms with Gasteiger partial charge in [0.15, 0.2) is 0 Å². The topological polar surface area (TPSA) is 68.3 Å². The summed E-state index contributed by atoms with van der Waals surface area (Å²) in [5, 5.41) is 0. The lowest BCUT2D eigenvalue weighted by Crippen LogP contribution is -2.27. The molecule has 6 heteroatoms. The van der Waals surface area contributed by atoms with Crippen molar-refractivity contribution >= 4 is 10.0 Å². The third-order valence-corrected chi connectivity index (χ3v) is 4.58. The minimum Gasteiger partial charge on any atom is -0.349 e. The third kappa shape index (κ3) is 2.88. The molecule has 0 saturated heterocycles. The smallest absolute Gasteiger partial charge is 0.244 e. The molecule has 1 aromatic rings. The molecule has 1 aromatic heterocycles. The van der Waals surface area contributed by atoms with Crippen molar-refractivity contribution in [2.24, 2.45) is 5.73 Å². The lowest BCUT2D eigenvalue weighted by atomic mass is 10.4. The Morgan fingerprint density at radius 1 is 1.41 bits per heavy atom. The van der Waals surface area contributed by atoms with E-state index in [4.69, 9.17) is 5.73 Å². The number of hydrogen-bond acceptors (Lipinski definition) is 3. The summed E-state index contributed by atoms with van der Waals surface area (Å²) in [4.78, 5) is 0.329. The number of rotatable bonds is 6. The normalized spacial score (nSPS) is 12.3. The first-order valence-corrected chi connectivity index (χ1v) is 7.26. The largest absolute Gasteiger partial charge is 0.349 e. The zero-order valence-electron chi connectivity index (χ0n) is 10.7. The molecule has 2 N–H and O–H groups in total. The quantitative estimate of drug-likeness (QED) is 0.828. The van der Waals surface area contributed by atoms with Gasteiger partial charge >= 0.3 is 0 Å². The minimum absolute atomic E-state index is 0.329. The highest BCUT2D eigenvalue weighted by Gasteiger charge is 2.22. The summed E-state index contributed by atoms with van der Waals surface area (Å²) < 4.78 is 27.6. The first kappa shape index (κ1) is 14.2. The standard InChI is InChI=1S/C11H21N3O2S/c1-4-6-13(3)17(15,16)11-7-10(8-12)14(5-2)9-11/h7,9H,4-6,8,12H2,1-3H3. The second-order valence-electron chi connectivity index (χ2n) is 3.98. The highest BCUT2D eigenvalue weighted by molar-refractivity contribution is 7.89. The van der Waals surface area contributed by atoms with Gasteiger partial charge in [-0.1, -0.05) is 6.92 Å². The third-order valence-electron chi connectivity index (χ3n) is 2.76. The molecule has 0 amide bonds. The molecule has 0 aromatic carbocycles. The van der Waals surface area contributed by atoms with Crippen molar-refractivity contribution in [1.82, 2.24) is 8.87 Å². The molecule has 98 valence electrons. The van der Waals surface area contributed by atoms with Crippen LogP contribution in [0.15, 0.2) is 17.2 Å². The molecular formula is C11H21N3O2S. The first-order chi connectivity index (χ1) is 7.97. The molecule has 0 radical (unpaired) electrons. The van der Waals surface area contributed by atoms with Crippen molar-refractivity contribution in [1.29, 1.82) is 0 Å². The van der Waals surface area contributed by atoms with E-state index < -0.39 is 10.0 Å². The molecule has 0 aliphatic carbocycles. The van der Waals surface area contributed by atoms with Gasteiger partial charge in [-0.25, -0.2) is 12.7 Å². The average Bonchev–Trinajstić information content (AvgIpc) is 2.72. The van der Waals surface area contributed by atoms with Crippen molar-refractivity contribution in [2.45, 2.75) is 38.3 Å². The molecule has 0 unspecified atom stereocenters. The van der Waals surface area contributed by atoms with Crippen molar-refractivity contribution in [3.8, 4) is 0 Å². The molecule has 0 spiro atoms. The molecule has 0 aliphatic heterocycles. The number of sulfonamides is 1. The van der Waals surface area contributed by atoms with Gasteiger partial charge < -0.3 is 10.3 Å². The lowest BCUT2D eigenvalue weighted by molar-refractivity contribution is 0.468. The molecule has 0 aliphatic rings. The average molecular weight is 259 g/mol. The van der Waals surface area contributed by atoms with Gasteiger partial charge in [-0.3, -0.25) is 0 Å². The van der Waals surface area contributed by atoms with E-state index >= 15 is 0 Å². The molecule has 0 atom stereocenters. The number of aryl methyl sites for hydroxylation is 1. The maximum absolute atomic E-state index is 12.2. The van der Waals surface area contributed by atoms with Gasteiger partial charge in [-0.2, -0.15) is 0 Å². The van der Waals surface area contributed by atoms with E-state index in [0.29, 0.717) is 18.0 Å². The highest BCUT2D eigenvalue weighted by atomic mass is 32.2. The Labute approximate surface area is 103 Å². The Hall–Kier alpha value is -0.850. The molecule has 0 saturated carbocycles. The van der Waals surface area contributed by atoms with Crippen LogP contribution in [0.4, 0.5) is 0 Å². The van der Waals surface area contributed by atoms with E-state index in [0.717, 1.165) is 18.7 Å². The summed E-state index contributed by atoms with van der Waals surface area (Å²) in [6.45, 7) is 5.51. The Morgan fingerprint density at radius 3 is 2.47 bits per heavy atom. The second-order valence-corrected chi connectivity index (χ2v) is 6.03. The molecule has 5 nitrogen and oxygen atoms in total. The maximum Gasteiger partial charge on any atom is 0.244 e. The van der Waals surface area contributed by atoms with Gasteiger partial charge in [0.05, 0.1) is 0 Å². The van der Waals surface area contributed by atoms with Crippen LogP contribution in [0.5, 0.6) is 0 Å². The summed E-state index contributed by atoms with van der Waals surface area (Å²) in [5.74, 6) is 0. The zero-order valence-corrected chi connectivity index (χ0v) is 11.5. The monoisotopic (exact) mass is 259 g/mol. The van der Waals surface area contributed by atoms with E-state index in [1.807, 2.05) is 18.4 Å². The summed E-state index contributed by atoms with van der Waals surface area (Å²) in [7, 11) is -1.76. The van der Waals surface area contributed by atoms with Crippen LogP contribution in [-0.4, -0.2) is 30.9 Å². The molecule has 17 heavy (non-hydrogen) atoms. The number of aromatic nitrogens is 1. The Balaban J connectivity index is 3.11. The summed E-state index contributed by atoms with van der Waals surface area (Å²) >= 11 is 0. The van der Waals surface area contributed by atoms with Crippen LogP contribution < -0.4 is 5.73 Å². The predicted octanol–water partition coefficient (Wildman–Crippen LogP) is 0.997. The first-order valence-electron chi connectivity index (χ1n) is 5.82. The Bertz CT molecular complexity index is 444. The predicted molar refractivity (Wildman–Crippen MR) is 68.1 cm³/mol. The summed E-state index contributed by atoms with van der Waals surface area (Å²) in [6.07, 6.45) is 2.46. The van der Waals surface area contributed by atoms with Crippen LogP contribution in [0.3, 0.4) is 0 Å². The number of nitrogens with two attached hydrogens (primary N) is 1. The fourth-order valence-corrected chi connectivity index (χ4v) is 3.08. The molecule has 1 rings (SSSR count). The van der Waals surface area contributed by atoms with Gasteiger partial charge in [0.25, 0.3) is 0 Å². The van der Waals surface area contributed by atoms with Crippen LogP contribution >= 0.6 is 0 Å². The molecule has 1 heterocycles. The van der Waals surface area contributed by atoms with Crippen LogP contribution in [0.2, 0.25) is 0 Å². The van der Waals surface area contributed by atoms with Gasteiger partial charge in [0, 0.05) is 38.6 Å².